The monoisotopic (exact) mass is 606 g/mol. The minimum absolute atomic E-state index is 0. The summed E-state index contributed by atoms with van der Waals surface area (Å²) in [6.07, 6.45) is 10.5. The van der Waals surface area contributed by atoms with Crippen LogP contribution in [0.15, 0.2) is 163 Å². The Morgan fingerprint density at radius 3 is 1.76 bits per heavy atom. The Balaban J connectivity index is 0.000000113. The van der Waals surface area contributed by atoms with Crippen LogP contribution in [0.5, 0.6) is 0 Å². The van der Waals surface area contributed by atoms with Crippen LogP contribution in [-0.2, 0) is 0 Å². The van der Waals surface area contributed by atoms with Gasteiger partial charge in [-0.05, 0) is 71.4 Å². The van der Waals surface area contributed by atoms with Gasteiger partial charge in [-0.3, -0.25) is 5.10 Å². The number of H-pyrrole nitrogens is 4. The molecule has 0 spiro atoms. The van der Waals surface area contributed by atoms with Gasteiger partial charge >= 0.3 is 0 Å². The van der Waals surface area contributed by atoms with Crippen LogP contribution in [0.3, 0.4) is 0 Å². The lowest BCUT2D eigenvalue weighted by atomic mass is 10.3. The van der Waals surface area contributed by atoms with E-state index in [1.807, 2.05) is 97.3 Å². The quantitative estimate of drug-likeness (QED) is 0.137. The predicted molar refractivity (Wildman–Crippen MR) is 187 cm³/mol. The SMILES string of the molecule is C.c1ccc2[nH]ccc2c1.c1ccc2[nH]ccc2c1.c1ccc2[nH]cnc2c1.c1ccc2ocnc2c1.c1cnc2[nH]ncc2c1. The zero-order valence-corrected chi connectivity index (χ0v) is 24.2. The van der Waals surface area contributed by atoms with Gasteiger partial charge in [0.05, 0.1) is 23.6 Å². The van der Waals surface area contributed by atoms with Crippen LogP contribution in [0, 0.1) is 0 Å². The topological polar surface area (TPSA) is 128 Å². The molecule has 0 unspecified atom stereocenters. The highest BCUT2D eigenvalue weighted by Crippen LogP contribution is 2.11. The number of fused-ring (bicyclic) bond motifs is 5. The molecular formula is C37H34N8O. The van der Waals surface area contributed by atoms with Crippen molar-refractivity contribution in [3.63, 3.8) is 0 Å². The van der Waals surface area contributed by atoms with Gasteiger partial charge in [0.1, 0.15) is 5.52 Å². The number of nitrogens with one attached hydrogen (secondary N) is 4. The Labute approximate surface area is 265 Å². The van der Waals surface area contributed by atoms with Crippen molar-refractivity contribution in [1.82, 2.24) is 40.1 Å². The van der Waals surface area contributed by atoms with E-state index < -0.39 is 0 Å². The minimum atomic E-state index is 0. The molecule has 4 aromatic carbocycles. The molecule has 0 bridgehead atoms. The largest absolute Gasteiger partial charge is 0.443 e. The van der Waals surface area contributed by atoms with E-state index in [9.17, 15) is 0 Å². The first-order valence-electron chi connectivity index (χ1n) is 14.3. The summed E-state index contributed by atoms with van der Waals surface area (Å²) in [5.41, 5.74) is 7.14. The van der Waals surface area contributed by atoms with Crippen molar-refractivity contribution in [2.75, 3.05) is 0 Å². The minimum Gasteiger partial charge on any atom is -0.443 e. The highest BCUT2D eigenvalue weighted by atomic mass is 16.3. The summed E-state index contributed by atoms with van der Waals surface area (Å²) >= 11 is 0. The van der Waals surface area contributed by atoms with Crippen LogP contribution in [0.4, 0.5) is 0 Å². The van der Waals surface area contributed by atoms with E-state index in [1.165, 1.54) is 28.2 Å². The van der Waals surface area contributed by atoms with E-state index in [-0.39, 0.29) is 7.43 Å². The molecule has 6 aromatic heterocycles. The molecule has 10 aromatic rings. The third-order valence-electron chi connectivity index (χ3n) is 6.70. The number of pyridine rings is 1. The molecule has 9 nitrogen and oxygen atoms in total. The van der Waals surface area contributed by atoms with Crippen molar-refractivity contribution < 1.29 is 4.42 Å². The van der Waals surface area contributed by atoms with Crippen LogP contribution >= 0.6 is 0 Å². The van der Waals surface area contributed by atoms with Crippen LogP contribution in [0.25, 0.3) is 55.0 Å². The predicted octanol–water partition coefficient (Wildman–Crippen LogP) is 9.32. The van der Waals surface area contributed by atoms with Gasteiger partial charge in [-0.2, -0.15) is 5.10 Å². The lowest BCUT2D eigenvalue weighted by Crippen LogP contribution is -1.71. The van der Waals surface area contributed by atoms with E-state index in [0.717, 1.165) is 33.2 Å². The standard InChI is InChI=1S/2C8H7N.C7H6N2.C7H5NO.C6H5N3.CH4/c2*1-2-4-8-7(3-1)5-6-9-8;2*1-2-4-7-6(3-1)8-5-9-7;1-2-5-4-8-9-6(5)7-3-1;/h2*1-6,9H;1-5H,(H,8,9);1-5H;1-4H,(H,7,8,9);1H4. The molecule has 0 aliphatic rings. The lowest BCUT2D eigenvalue weighted by Gasteiger charge is -1.83. The molecule has 10 rings (SSSR count). The van der Waals surface area contributed by atoms with Crippen LogP contribution in [0.2, 0.25) is 0 Å². The maximum atomic E-state index is 5.01. The van der Waals surface area contributed by atoms with Gasteiger partial charge in [0.25, 0.3) is 0 Å². The molecule has 0 saturated carbocycles. The zero-order valence-electron chi connectivity index (χ0n) is 24.2. The molecule has 0 amide bonds. The smallest absolute Gasteiger partial charge is 0.181 e. The number of benzene rings is 4. The molecule has 6 heterocycles. The van der Waals surface area contributed by atoms with Crippen LogP contribution in [0.1, 0.15) is 7.43 Å². The Morgan fingerprint density at radius 1 is 0.500 bits per heavy atom. The fourth-order valence-corrected chi connectivity index (χ4v) is 4.45. The van der Waals surface area contributed by atoms with E-state index in [0.29, 0.717) is 0 Å². The number of nitrogens with zero attached hydrogens (tertiary/aromatic N) is 4. The third-order valence-corrected chi connectivity index (χ3v) is 6.70. The Bertz CT molecular complexity index is 1790. The number of hydrogen-bond donors (Lipinski definition) is 4. The number of rotatable bonds is 0. The number of aromatic nitrogens is 8. The van der Waals surface area contributed by atoms with Gasteiger partial charge < -0.3 is 19.4 Å². The number of imidazole rings is 1. The van der Waals surface area contributed by atoms with Crippen molar-refractivity contribution >= 4 is 55.0 Å². The first-order chi connectivity index (χ1) is 22.3. The fourth-order valence-electron chi connectivity index (χ4n) is 4.45. The summed E-state index contributed by atoms with van der Waals surface area (Å²) < 4.78 is 5.01. The first-order valence-corrected chi connectivity index (χ1v) is 14.3. The average molecular weight is 607 g/mol. The number of oxazole rings is 1. The number of para-hydroxylation sites is 6. The summed E-state index contributed by atoms with van der Waals surface area (Å²) in [4.78, 5) is 21.3. The molecule has 9 heteroatoms. The lowest BCUT2D eigenvalue weighted by molar-refractivity contribution is 0.602. The molecule has 228 valence electrons. The van der Waals surface area contributed by atoms with E-state index in [1.54, 1.807) is 18.7 Å². The van der Waals surface area contributed by atoms with Crippen LogP contribution < -0.4 is 0 Å². The Morgan fingerprint density at radius 2 is 1.11 bits per heavy atom. The molecule has 46 heavy (non-hydrogen) atoms. The summed E-state index contributed by atoms with van der Waals surface area (Å²) in [7, 11) is 0. The second-order valence-electron chi connectivity index (χ2n) is 9.68. The second-order valence-corrected chi connectivity index (χ2v) is 9.68. The number of aromatic amines is 4. The van der Waals surface area contributed by atoms with Gasteiger partial charge in [-0.1, -0.05) is 68.1 Å². The number of hydrogen-bond acceptors (Lipinski definition) is 5. The van der Waals surface area contributed by atoms with Gasteiger partial charge in [-0.15, -0.1) is 0 Å². The highest BCUT2D eigenvalue weighted by Gasteiger charge is 1.92. The summed E-state index contributed by atoms with van der Waals surface area (Å²) in [5.74, 6) is 0. The molecule has 0 radical (unpaired) electrons. The maximum Gasteiger partial charge on any atom is 0.181 e. The zero-order chi connectivity index (χ0) is 30.5. The van der Waals surface area contributed by atoms with Crippen molar-refractivity contribution in [2.45, 2.75) is 7.43 Å². The van der Waals surface area contributed by atoms with Crippen molar-refractivity contribution in [1.29, 1.82) is 0 Å². The van der Waals surface area contributed by atoms with Crippen molar-refractivity contribution in [3.8, 4) is 0 Å². The summed E-state index contributed by atoms with van der Waals surface area (Å²) in [6.45, 7) is 0. The van der Waals surface area contributed by atoms with Gasteiger partial charge in [0.2, 0.25) is 0 Å². The van der Waals surface area contributed by atoms with Crippen molar-refractivity contribution in [2.24, 2.45) is 0 Å². The van der Waals surface area contributed by atoms with Gasteiger partial charge in [0, 0.05) is 35.0 Å². The molecule has 0 saturated heterocycles. The maximum absolute atomic E-state index is 5.01. The average Bonchev–Trinajstić information content (AvgIpc) is 3.95. The normalized spacial score (nSPS) is 10.0. The van der Waals surface area contributed by atoms with Gasteiger partial charge in [-0.25, -0.2) is 15.0 Å². The Kier molecular flexibility index (Phi) is 10.7. The van der Waals surface area contributed by atoms with E-state index >= 15 is 0 Å². The Hall–Kier alpha value is -6.48. The molecular weight excluding hydrogens is 572 g/mol. The van der Waals surface area contributed by atoms with Crippen LogP contribution in [-0.4, -0.2) is 40.1 Å². The third kappa shape index (κ3) is 8.12. The first kappa shape index (κ1) is 31.0. The summed E-state index contributed by atoms with van der Waals surface area (Å²) in [6, 6.07) is 40.0. The highest BCUT2D eigenvalue weighted by molar-refractivity contribution is 5.79. The van der Waals surface area contributed by atoms with Gasteiger partial charge in [0.15, 0.2) is 17.6 Å². The van der Waals surface area contributed by atoms with E-state index in [4.69, 9.17) is 4.42 Å². The molecule has 0 aliphatic heterocycles. The molecule has 0 aliphatic carbocycles. The molecule has 4 N–H and O–H groups in total. The second kappa shape index (κ2) is 15.8. The van der Waals surface area contributed by atoms with E-state index in [2.05, 4.69) is 76.5 Å². The van der Waals surface area contributed by atoms with Crippen molar-refractivity contribution in [3.05, 3.63) is 159 Å². The molecule has 0 fully saturated rings. The summed E-state index contributed by atoms with van der Waals surface area (Å²) in [5, 5.41) is 10.2. The fraction of sp³-hybridized carbons (Fsp3) is 0.0270. The molecule has 0 atom stereocenters.